The van der Waals surface area contributed by atoms with Gasteiger partial charge < -0.3 is 36.5 Å². The van der Waals surface area contributed by atoms with Gasteiger partial charge in [-0.25, -0.2) is 4.98 Å². The molecule has 0 radical (unpaired) electrons. The van der Waals surface area contributed by atoms with Gasteiger partial charge in [0.25, 0.3) is 5.91 Å². The Hall–Kier alpha value is -2.87. The van der Waals surface area contributed by atoms with E-state index in [9.17, 15) is 9.59 Å². The first kappa shape index (κ1) is 33.6. The van der Waals surface area contributed by atoms with Gasteiger partial charge in [0.05, 0.1) is 47.5 Å². The van der Waals surface area contributed by atoms with E-state index in [1.165, 1.54) is 37.2 Å². The van der Waals surface area contributed by atoms with Crippen LogP contribution in [-0.2, 0) is 14.3 Å². The maximum Gasteiger partial charge on any atom is 0.269 e. The van der Waals surface area contributed by atoms with Crippen LogP contribution in [0.25, 0.3) is 0 Å². The summed E-state index contributed by atoms with van der Waals surface area (Å²) in [6.45, 7) is 2.63. The molecule has 5 aliphatic rings. The largest absolute Gasteiger partial charge is 0.473 e. The van der Waals surface area contributed by atoms with E-state index in [-0.39, 0.29) is 41.5 Å². The number of allylic oxidation sites excluding steroid dienone is 1. The van der Waals surface area contributed by atoms with Crippen LogP contribution in [0.5, 0.6) is 0 Å². The zero-order valence-corrected chi connectivity index (χ0v) is 29.3. The highest BCUT2D eigenvalue weighted by molar-refractivity contribution is 8.01. The number of ketones is 1. The highest BCUT2D eigenvalue weighted by Gasteiger charge is 2.62. The molecule has 6 N–H and O–H groups in total. The summed E-state index contributed by atoms with van der Waals surface area (Å²) in [4.78, 5) is 34.7. The highest BCUT2D eigenvalue weighted by Crippen LogP contribution is 2.58. The molecule has 5 atom stereocenters. The number of ether oxygens (including phenoxy) is 2. The van der Waals surface area contributed by atoms with E-state index in [0.717, 1.165) is 73.4 Å². The van der Waals surface area contributed by atoms with Crippen molar-refractivity contribution in [2.75, 3.05) is 42.7 Å². The van der Waals surface area contributed by atoms with Crippen molar-refractivity contribution in [2.45, 2.75) is 106 Å². The van der Waals surface area contributed by atoms with Gasteiger partial charge in [-0.1, -0.05) is 51.4 Å². The number of amides is 1. The summed E-state index contributed by atoms with van der Waals surface area (Å²) in [6.07, 6.45) is 18.5. The summed E-state index contributed by atoms with van der Waals surface area (Å²) in [5.41, 5.74) is 14.5. The van der Waals surface area contributed by atoms with Crippen molar-refractivity contribution in [1.29, 1.82) is 0 Å². The second-order valence-electron chi connectivity index (χ2n) is 14.0. The predicted molar refractivity (Wildman–Crippen MR) is 191 cm³/mol. The van der Waals surface area contributed by atoms with Crippen LogP contribution in [0, 0.1) is 5.92 Å². The molecular formula is C35H49N7O4S2. The highest BCUT2D eigenvalue weighted by atomic mass is 32.2. The molecule has 5 heterocycles. The Morgan fingerprint density at radius 2 is 1.71 bits per heavy atom. The molecule has 0 aromatic carbocycles. The first-order valence-electron chi connectivity index (χ1n) is 17.9. The van der Waals surface area contributed by atoms with Gasteiger partial charge in [0, 0.05) is 42.9 Å². The number of nitrogens with one attached hydrogen (secondary N) is 2. The fourth-order valence-corrected chi connectivity index (χ4v) is 11.2. The molecule has 11 nitrogen and oxygen atoms in total. The van der Waals surface area contributed by atoms with Crippen LogP contribution < -0.4 is 22.1 Å². The van der Waals surface area contributed by atoms with Crippen LogP contribution in [-0.4, -0.2) is 80.9 Å². The number of rotatable bonds is 8. The van der Waals surface area contributed by atoms with Crippen LogP contribution in [0.2, 0.25) is 0 Å². The molecule has 48 heavy (non-hydrogen) atoms. The summed E-state index contributed by atoms with van der Waals surface area (Å²) < 4.78 is 16.6. The molecule has 7 rings (SSSR count). The topological polar surface area (TPSA) is 158 Å². The van der Waals surface area contributed by atoms with Crippen LogP contribution in [0.3, 0.4) is 0 Å². The molecule has 2 saturated heterocycles. The molecule has 2 aliphatic carbocycles. The molecule has 1 amide bonds. The van der Waals surface area contributed by atoms with Crippen molar-refractivity contribution in [1.82, 2.24) is 14.3 Å². The van der Waals surface area contributed by atoms with Gasteiger partial charge in [0.2, 0.25) is 0 Å². The molecule has 0 spiro atoms. The minimum Gasteiger partial charge on any atom is -0.473 e. The quantitative estimate of drug-likeness (QED) is 0.276. The van der Waals surface area contributed by atoms with Crippen molar-refractivity contribution in [3.05, 3.63) is 41.0 Å². The second kappa shape index (κ2) is 14.9. The molecule has 4 fully saturated rings. The average Bonchev–Trinajstić information content (AvgIpc) is 3.74. The lowest BCUT2D eigenvalue weighted by molar-refractivity contribution is -0.127. The van der Waals surface area contributed by atoms with Crippen LogP contribution >= 0.6 is 23.3 Å². The molecule has 3 unspecified atom stereocenters. The lowest BCUT2D eigenvalue weighted by Gasteiger charge is -2.45. The van der Waals surface area contributed by atoms with E-state index in [2.05, 4.69) is 24.9 Å². The van der Waals surface area contributed by atoms with Crippen molar-refractivity contribution >= 4 is 52.0 Å². The van der Waals surface area contributed by atoms with Gasteiger partial charge in [0.15, 0.2) is 17.4 Å². The third-order valence-corrected chi connectivity index (χ3v) is 13.7. The number of carbonyl (C=O) groups is 2. The summed E-state index contributed by atoms with van der Waals surface area (Å²) in [5.74, 6) is 1.16. The van der Waals surface area contributed by atoms with E-state index < -0.39 is 10.7 Å². The van der Waals surface area contributed by atoms with E-state index in [1.807, 2.05) is 6.07 Å². The number of hydrogen-bond donors (Lipinski definition) is 4. The predicted octanol–water partition coefficient (Wildman–Crippen LogP) is 5.52. The number of primary amides is 1. The van der Waals surface area contributed by atoms with Gasteiger partial charge in [-0.15, -0.1) is 11.8 Å². The van der Waals surface area contributed by atoms with E-state index in [0.29, 0.717) is 37.9 Å². The van der Waals surface area contributed by atoms with Crippen molar-refractivity contribution in [3.8, 4) is 0 Å². The Kier molecular flexibility index (Phi) is 10.5. The van der Waals surface area contributed by atoms with Crippen LogP contribution in [0.1, 0.15) is 98.3 Å². The van der Waals surface area contributed by atoms with Gasteiger partial charge >= 0.3 is 0 Å². The number of morpholine rings is 1. The molecule has 3 aliphatic heterocycles. The Morgan fingerprint density at radius 3 is 2.46 bits per heavy atom. The number of hydrogen-bond acceptors (Lipinski definition) is 12. The first-order chi connectivity index (χ1) is 23.4. The zero-order chi connectivity index (χ0) is 33.1. The second-order valence-corrected chi connectivity index (χ2v) is 16.1. The molecular weight excluding hydrogens is 647 g/mol. The van der Waals surface area contributed by atoms with Crippen molar-refractivity contribution in [3.63, 3.8) is 0 Å². The number of fused-ring (bicyclic) bond motifs is 1. The first-order valence-corrected chi connectivity index (χ1v) is 19.6. The Morgan fingerprint density at radius 1 is 0.979 bits per heavy atom. The smallest absolute Gasteiger partial charge is 0.269 e. The van der Waals surface area contributed by atoms with Gasteiger partial charge in [-0.05, 0) is 49.2 Å². The minimum atomic E-state index is -0.644. The SMILES string of the molecule is NC(=O)c1ncc(N[C@H]2CCCC[C@H]2N)cc1Nc1cnsc1C1CSC2(C3CCCCCCCC3)C(=O)C=C(N3CCOCC3)OC12. The van der Waals surface area contributed by atoms with Crippen LogP contribution in [0.4, 0.5) is 17.1 Å². The molecule has 0 bridgehead atoms. The monoisotopic (exact) mass is 695 g/mol. The third kappa shape index (κ3) is 6.80. The van der Waals surface area contributed by atoms with Gasteiger partial charge in [-0.2, -0.15) is 4.37 Å². The van der Waals surface area contributed by atoms with Gasteiger partial charge in [0.1, 0.15) is 10.9 Å². The Balaban J connectivity index is 1.20. The lowest BCUT2D eigenvalue weighted by Crippen LogP contribution is -2.55. The zero-order valence-electron chi connectivity index (χ0n) is 27.7. The summed E-state index contributed by atoms with van der Waals surface area (Å²) in [7, 11) is 0. The Bertz CT molecular complexity index is 1490. The molecule has 13 heteroatoms. The molecule has 2 aromatic heterocycles. The fraction of sp³-hybridized carbons (Fsp3) is 0.657. The number of carbonyl (C=O) groups excluding carboxylic acids is 2. The lowest BCUT2D eigenvalue weighted by atomic mass is 9.73. The molecule has 260 valence electrons. The number of nitrogens with zero attached hydrogens (tertiary/aromatic N) is 3. The standard InChI is InChI=1S/C35H49N7O4S2/c36-25-11-7-8-12-26(25)40-23-17-27(31(34(37)44)38-19-23)41-28-20-39-48-32(28)24-21-47-35(22-9-5-3-1-2-4-6-10-22)29(43)18-30(46-33(24)35)42-13-15-45-16-14-42/h17-20,22,24-26,33,40-41H,1-16,21,36H2,(H2,37,44)/t24?,25-,26+,33?,35?/m1/s1. The Labute approximate surface area is 291 Å². The maximum atomic E-state index is 14.5. The normalized spacial score (nSPS) is 30.3. The number of anilines is 3. The molecule has 2 aromatic rings. The van der Waals surface area contributed by atoms with E-state index in [4.69, 9.17) is 20.9 Å². The van der Waals surface area contributed by atoms with Crippen LogP contribution in [0.15, 0.2) is 30.4 Å². The minimum absolute atomic E-state index is 0.0654. The fourth-order valence-electron chi connectivity index (χ4n) is 8.39. The average molecular weight is 696 g/mol. The van der Waals surface area contributed by atoms with E-state index >= 15 is 0 Å². The third-order valence-electron chi connectivity index (χ3n) is 11.0. The van der Waals surface area contributed by atoms with E-state index in [1.54, 1.807) is 30.2 Å². The summed E-state index contributed by atoms with van der Waals surface area (Å²) in [6, 6.07) is 2.10. The number of nitrogens with two attached hydrogens (primary N) is 2. The van der Waals surface area contributed by atoms with Gasteiger partial charge in [-0.3, -0.25) is 9.59 Å². The van der Waals surface area contributed by atoms with Crippen molar-refractivity contribution < 1.29 is 19.1 Å². The number of aromatic nitrogens is 2. The summed E-state index contributed by atoms with van der Waals surface area (Å²) >= 11 is 3.22. The summed E-state index contributed by atoms with van der Waals surface area (Å²) in [5, 5.41) is 7.04. The van der Waals surface area contributed by atoms with Crippen molar-refractivity contribution in [2.24, 2.45) is 17.4 Å². The number of thioether (sulfide) groups is 1. The number of pyridine rings is 1. The molecule has 2 saturated carbocycles. The maximum absolute atomic E-state index is 14.5.